The lowest BCUT2D eigenvalue weighted by molar-refractivity contribution is 0.186. The van der Waals surface area contributed by atoms with E-state index in [1.165, 1.54) is 6.07 Å². The van der Waals surface area contributed by atoms with Crippen LogP contribution < -0.4 is 9.64 Å². The number of ether oxygens (including phenoxy) is 1. The quantitative estimate of drug-likeness (QED) is 0.803. The molecule has 2 aliphatic rings. The number of pyridine rings is 2. The summed E-state index contributed by atoms with van der Waals surface area (Å²) in [6, 6.07) is 5.15. The monoisotopic (exact) mass is 300 g/mol. The Morgan fingerprint density at radius 2 is 2.23 bits per heavy atom. The van der Waals surface area contributed by atoms with Crippen LogP contribution in [0.4, 0.5) is 10.2 Å². The predicted molar refractivity (Wildman–Crippen MR) is 81.6 cm³/mol. The Morgan fingerprint density at radius 3 is 3.09 bits per heavy atom. The summed E-state index contributed by atoms with van der Waals surface area (Å²) in [7, 11) is 2.12. The molecule has 0 aromatic carbocycles. The van der Waals surface area contributed by atoms with Gasteiger partial charge in [-0.2, -0.15) is 0 Å². The maximum atomic E-state index is 13.9. The highest BCUT2D eigenvalue weighted by Gasteiger charge is 2.33. The number of hydrogen-bond donors (Lipinski definition) is 0. The van der Waals surface area contributed by atoms with Gasteiger partial charge in [-0.15, -0.1) is 0 Å². The van der Waals surface area contributed by atoms with E-state index in [2.05, 4.69) is 26.8 Å². The van der Waals surface area contributed by atoms with Gasteiger partial charge in [-0.25, -0.2) is 9.37 Å². The van der Waals surface area contributed by atoms with E-state index in [9.17, 15) is 4.39 Å². The Balaban J connectivity index is 1.70. The van der Waals surface area contributed by atoms with E-state index in [1.54, 1.807) is 18.5 Å². The first-order valence-electron chi connectivity index (χ1n) is 7.41. The van der Waals surface area contributed by atoms with E-state index in [-0.39, 0.29) is 5.82 Å². The van der Waals surface area contributed by atoms with E-state index in [4.69, 9.17) is 4.74 Å². The van der Waals surface area contributed by atoms with Gasteiger partial charge in [0.05, 0.1) is 6.04 Å². The van der Waals surface area contributed by atoms with E-state index in [0.29, 0.717) is 29.7 Å². The van der Waals surface area contributed by atoms with Gasteiger partial charge in [0.1, 0.15) is 18.1 Å². The number of hydrogen-bond acceptors (Lipinski definition) is 5. The van der Waals surface area contributed by atoms with Crippen LogP contribution in [-0.4, -0.2) is 54.2 Å². The molecule has 114 valence electrons. The lowest BCUT2D eigenvalue weighted by Gasteiger charge is -2.43. The third-order valence-electron chi connectivity index (χ3n) is 4.25. The van der Waals surface area contributed by atoms with E-state index in [0.717, 1.165) is 25.5 Å². The highest BCUT2D eigenvalue weighted by molar-refractivity contribution is 5.67. The maximum Gasteiger partial charge on any atom is 0.171 e. The summed E-state index contributed by atoms with van der Waals surface area (Å²) in [5.41, 5.74) is 0.950. The van der Waals surface area contributed by atoms with Crippen LogP contribution in [0.1, 0.15) is 0 Å². The molecule has 5 nitrogen and oxygen atoms in total. The first-order chi connectivity index (χ1) is 10.7. The molecule has 6 heteroatoms. The molecule has 2 aromatic rings. The topological polar surface area (TPSA) is 41.5 Å². The maximum absolute atomic E-state index is 13.9. The molecule has 4 rings (SSSR count). The van der Waals surface area contributed by atoms with Crippen LogP contribution in [0.15, 0.2) is 30.6 Å². The van der Waals surface area contributed by atoms with Crippen LogP contribution in [-0.2, 0) is 0 Å². The average molecular weight is 300 g/mol. The molecule has 4 heterocycles. The van der Waals surface area contributed by atoms with Crippen molar-refractivity contribution in [2.24, 2.45) is 0 Å². The van der Waals surface area contributed by atoms with Gasteiger partial charge < -0.3 is 14.5 Å². The number of fused-ring (bicyclic) bond motifs is 3. The third kappa shape index (κ3) is 2.20. The average Bonchev–Trinajstić information content (AvgIpc) is 2.54. The minimum atomic E-state index is -0.350. The second-order valence-electron chi connectivity index (χ2n) is 5.80. The van der Waals surface area contributed by atoms with E-state index < -0.39 is 0 Å². The fourth-order valence-electron chi connectivity index (χ4n) is 3.11. The van der Waals surface area contributed by atoms with Gasteiger partial charge in [0.15, 0.2) is 11.6 Å². The van der Waals surface area contributed by atoms with Gasteiger partial charge >= 0.3 is 0 Å². The smallest absolute Gasteiger partial charge is 0.171 e. The summed E-state index contributed by atoms with van der Waals surface area (Å²) in [5, 5.41) is 0. The van der Waals surface area contributed by atoms with Crippen molar-refractivity contribution >= 4 is 5.82 Å². The number of piperazine rings is 1. The van der Waals surface area contributed by atoms with E-state index in [1.807, 2.05) is 6.07 Å². The Kier molecular flexibility index (Phi) is 3.18. The molecule has 0 N–H and O–H groups in total. The molecular weight excluding hydrogens is 283 g/mol. The highest BCUT2D eigenvalue weighted by atomic mass is 19.1. The standard InChI is InChI=1S/C16H17FN4O/c1-20-5-6-21-12(9-20)10-22-14-7-11(8-19-16(14)21)15-13(17)3-2-4-18-15/h2-4,7-8,12H,5-6,9-10H2,1H3. The summed E-state index contributed by atoms with van der Waals surface area (Å²) in [5.74, 6) is 1.21. The molecule has 1 atom stereocenters. The Bertz CT molecular complexity index is 708. The SMILES string of the molecule is CN1CCN2c3ncc(-c4ncccc4F)cc3OCC2C1. The molecule has 0 bridgehead atoms. The van der Waals surface area contributed by atoms with Gasteiger partial charge in [0.2, 0.25) is 0 Å². The van der Waals surface area contributed by atoms with Gasteiger partial charge in [-0.1, -0.05) is 0 Å². The lowest BCUT2D eigenvalue weighted by atomic mass is 10.1. The number of nitrogens with zero attached hydrogens (tertiary/aromatic N) is 4. The van der Waals surface area contributed by atoms with Crippen LogP contribution in [0.2, 0.25) is 0 Å². The predicted octanol–water partition coefficient (Wildman–Crippen LogP) is 1.80. The largest absolute Gasteiger partial charge is 0.487 e. The van der Waals surface area contributed by atoms with Crippen LogP contribution in [0.5, 0.6) is 5.75 Å². The molecule has 22 heavy (non-hydrogen) atoms. The van der Waals surface area contributed by atoms with Crippen molar-refractivity contribution in [1.82, 2.24) is 14.9 Å². The van der Waals surface area contributed by atoms with Gasteiger partial charge in [0.25, 0.3) is 0 Å². The van der Waals surface area contributed by atoms with Crippen molar-refractivity contribution in [3.05, 3.63) is 36.4 Å². The lowest BCUT2D eigenvalue weighted by Crippen LogP contribution is -2.56. The normalized spacial score (nSPS) is 21.0. The van der Waals surface area contributed by atoms with Gasteiger partial charge in [0, 0.05) is 37.6 Å². The molecule has 0 radical (unpaired) electrons. The van der Waals surface area contributed by atoms with Crippen molar-refractivity contribution in [3.63, 3.8) is 0 Å². The number of halogens is 1. The number of aromatic nitrogens is 2. The first kappa shape index (κ1) is 13.5. The molecule has 1 unspecified atom stereocenters. The number of anilines is 1. The van der Waals surface area contributed by atoms with Crippen molar-refractivity contribution in [2.45, 2.75) is 6.04 Å². The van der Waals surface area contributed by atoms with Gasteiger partial charge in [-0.3, -0.25) is 4.98 Å². The Labute approximate surface area is 128 Å². The zero-order chi connectivity index (χ0) is 15.1. The fourth-order valence-corrected chi connectivity index (χ4v) is 3.11. The fraction of sp³-hybridized carbons (Fsp3) is 0.375. The summed E-state index contributed by atoms with van der Waals surface area (Å²) in [6.45, 7) is 3.54. The van der Waals surface area contributed by atoms with Crippen LogP contribution >= 0.6 is 0 Å². The Hall–Kier alpha value is -2.21. The van der Waals surface area contributed by atoms with Crippen LogP contribution in [0, 0.1) is 5.82 Å². The van der Waals surface area contributed by atoms with Gasteiger partial charge in [-0.05, 0) is 25.2 Å². The zero-order valence-corrected chi connectivity index (χ0v) is 12.4. The minimum absolute atomic E-state index is 0.307. The summed E-state index contributed by atoms with van der Waals surface area (Å²) in [4.78, 5) is 13.2. The minimum Gasteiger partial charge on any atom is -0.487 e. The van der Waals surface area contributed by atoms with Crippen LogP contribution in [0.3, 0.4) is 0 Å². The molecule has 2 aliphatic heterocycles. The molecule has 0 amide bonds. The second-order valence-corrected chi connectivity index (χ2v) is 5.80. The Morgan fingerprint density at radius 1 is 1.32 bits per heavy atom. The van der Waals surface area contributed by atoms with E-state index >= 15 is 0 Å². The molecule has 1 fully saturated rings. The van der Waals surface area contributed by atoms with Crippen molar-refractivity contribution in [1.29, 1.82) is 0 Å². The molecule has 0 saturated carbocycles. The van der Waals surface area contributed by atoms with Crippen LogP contribution in [0.25, 0.3) is 11.3 Å². The number of rotatable bonds is 1. The second kappa shape index (κ2) is 5.21. The van der Waals surface area contributed by atoms with Crippen molar-refractivity contribution in [3.8, 4) is 17.0 Å². The number of likely N-dealkylation sites (N-methyl/N-ethyl adjacent to an activating group) is 1. The summed E-state index contributed by atoms with van der Waals surface area (Å²) in [6.07, 6.45) is 3.25. The molecule has 2 aromatic heterocycles. The summed E-state index contributed by atoms with van der Waals surface area (Å²) >= 11 is 0. The molecule has 0 aliphatic carbocycles. The van der Waals surface area contributed by atoms with Crippen molar-refractivity contribution < 1.29 is 9.13 Å². The third-order valence-corrected chi connectivity index (χ3v) is 4.25. The molecule has 1 saturated heterocycles. The molecular formula is C16H17FN4O. The summed E-state index contributed by atoms with van der Waals surface area (Å²) < 4.78 is 19.7. The first-order valence-corrected chi connectivity index (χ1v) is 7.41. The molecule has 0 spiro atoms. The van der Waals surface area contributed by atoms with Crippen molar-refractivity contribution in [2.75, 3.05) is 38.2 Å². The highest BCUT2D eigenvalue weighted by Crippen LogP contribution is 2.36. The zero-order valence-electron chi connectivity index (χ0n) is 12.4.